The zero-order chi connectivity index (χ0) is 14.5. The lowest BCUT2D eigenvalue weighted by Gasteiger charge is -2.24. The van der Waals surface area contributed by atoms with Crippen LogP contribution < -0.4 is 0 Å². The Morgan fingerprint density at radius 3 is 1.71 bits per heavy atom. The summed E-state index contributed by atoms with van der Waals surface area (Å²) in [6, 6.07) is 25.4. The SMILES string of the molecule is CN1CCc2ccccc2C1.c1ccc2ccccc2c1. The molecule has 0 N–H and O–H groups in total. The average molecular weight is 275 g/mol. The topological polar surface area (TPSA) is 3.24 Å². The van der Waals surface area contributed by atoms with Crippen molar-refractivity contribution in [2.45, 2.75) is 13.0 Å². The molecule has 21 heavy (non-hydrogen) atoms. The van der Waals surface area contributed by atoms with Gasteiger partial charge in [-0.1, -0.05) is 72.8 Å². The van der Waals surface area contributed by atoms with E-state index >= 15 is 0 Å². The summed E-state index contributed by atoms with van der Waals surface area (Å²) < 4.78 is 0. The van der Waals surface area contributed by atoms with E-state index in [1.807, 2.05) is 0 Å². The normalized spacial score (nSPS) is 14.1. The quantitative estimate of drug-likeness (QED) is 0.583. The van der Waals surface area contributed by atoms with Crippen molar-refractivity contribution in [1.82, 2.24) is 4.90 Å². The largest absolute Gasteiger partial charge is 0.302 e. The fourth-order valence-corrected chi connectivity index (χ4v) is 2.77. The van der Waals surface area contributed by atoms with E-state index in [9.17, 15) is 0 Å². The summed E-state index contributed by atoms with van der Waals surface area (Å²) in [4.78, 5) is 2.36. The number of nitrogens with zero attached hydrogens (tertiary/aromatic N) is 1. The number of hydrogen-bond acceptors (Lipinski definition) is 1. The molecule has 3 aromatic carbocycles. The minimum atomic E-state index is 1.12. The lowest BCUT2D eigenvalue weighted by atomic mass is 10.0. The lowest BCUT2D eigenvalue weighted by molar-refractivity contribution is 0.313. The van der Waals surface area contributed by atoms with Crippen LogP contribution in [0.15, 0.2) is 72.8 Å². The molecule has 106 valence electrons. The molecule has 1 nitrogen and oxygen atoms in total. The predicted molar refractivity (Wildman–Crippen MR) is 90.4 cm³/mol. The smallest absolute Gasteiger partial charge is 0.0233 e. The van der Waals surface area contributed by atoms with Crippen molar-refractivity contribution in [2.75, 3.05) is 13.6 Å². The van der Waals surface area contributed by atoms with Crippen LogP contribution in [0, 0.1) is 0 Å². The molecule has 0 saturated heterocycles. The highest BCUT2D eigenvalue weighted by Crippen LogP contribution is 2.16. The van der Waals surface area contributed by atoms with Gasteiger partial charge in [0.05, 0.1) is 0 Å². The van der Waals surface area contributed by atoms with E-state index in [1.165, 1.54) is 34.9 Å². The van der Waals surface area contributed by atoms with Gasteiger partial charge in [0.25, 0.3) is 0 Å². The molecule has 0 aliphatic carbocycles. The highest BCUT2D eigenvalue weighted by molar-refractivity contribution is 5.81. The van der Waals surface area contributed by atoms with Crippen LogP contribution in [0.25, 0.3) is 10.8 Å². The number of likely N-dealkylation sites (N-methyl/N-ethyl adjacent to an activating group) is 1. The van der Waals surface area contributed by atoms with E-state index in [4.69, 9.17) is 0 Å². The Balaban J connectivity index is 0.000000126. The molecule has 0 saturated carbocycles. The number of hydrogen-bond donors (Lipinski definition) is 0. The van der Waals surface area contributed by atoms with Crippen LogP contribution in [0.5, 0.6) is 0 Å². The van der Waals surface area contributed by atoms with Gasteiger partial charge in [-0.3, -0.25) is 0 Å². The minimum absolute atomic E-state index is 1.12. The van der Waals surface area contributed by atoms with Crippen molar-refractivity contribution in [1.29, 1.82) is 0 Å². The van der Waals surface area contributed by atoms with E-state index in [1.54, 1.807) is 0 Å². The molecule has 0 aromatic heterocycles. The molecular weight excluding hydrogens is 254 g/mol. The second-order valence-electron chi connectivity index (χ2n) is 5.60. The Hall–Kier alpha value is -2.12. The van der Waals surface area contributed by atoms with Crippen LogP contribution in [0.2, 0.25) is 0 Å². The van der Waals surface area contributed by atoms with Crippen molar-refractivity contribution in [3.05, 3.63) is 83.9 Å². The van der Waals surface area contributed by atoms with Gasteiger partial charge >= 0.3 is 0 Å². The third-order valence-corrected chi connectivity index (χ3v) is 3.98. The number of benzene rings is 3. The number of rotatable bonds is 0. The van der Waals surface area contributed by atoms with Crippen molar-refractivity contribution in [2.24, 2.45) is 0 Å². The molecule has 0 atom stereocenters. The monoisotopic (exact) mass is 275 g/mol. The Kier molecular flexibility index (Phi) is 4.32. The van der Waals surface area contributed by atoms with Crippen LogP contribution in [0.4, 0.5) is 0 Å². The Labute approximate surface area is 126 Å². The maximum absolute atomic E-state index is 2.36. The van der Waals surface area contributed by atoms with Crippen molar-refractivity contribution < 1.29 is 0 Å². The molecule has 0 unspecified atom stereocenters. The third kappa shape index (κ3) is 3.50. The molecule has 4 rings (SSSR count). The zero-order valence-corrected chi connectivity index (χ0v) is 12.5. The second-order valence-corrected chi connectivity index (χ2v) is 5.60. The third-order valence-electron chi connectivity index (χ3n) is 3.98. The Morgan fingerprint density at radius 1 is 0.667 bits per heavy atom. The van der Waals surface area contributed by atoms with E-state index in [0.717, 1.165) is 6.54 Å². The summed E-state index contributed by atoms with van der Waals surface area (Å²) in [5.74, 6) is 0. The molecule has 1 heterocycles. The van der Waals surface area contributed by atoms with Crippen molar-refractivity contribution >= 4 is 10.8 Å². The molecular formula is C20H21N. The first-order chi connectivity index (χ1) is 10.3. The van der Waals surface area contributed by atoms with E-state index in [-0.39, 0.29) is 0 Å². The van der Waals surface area contributed by atoms with Crippen LogP contribution in [-0.2, 0) is 13.0 Å². The van der Waals surface area contributed by atoms with Crippen LogP contribution in [0.1, 0.15) is 11.1 Å². The Bertz CT molecular complexity index is 652. The van der Waals surface area contributed by atoms with Gasteiger partial charge in [-0.05, 0) is 35.4 Å². The number of fused-ring (bicyclic) bond motifs is 2. The molecule has 0 bridgehead atoms. The fraction of sp³-hybridized carbons (Fsp3) is 0.200. The summed E-state index contributed by atoms with van der Waals surface area (Å²) in [5, 5.41) is 2.62. The van der Waals surface area contributed by atoms with Gasteiger partial charge in [0.1, 0.15) is 0 Å². The molecule has 0 fully saturated rings. The summed E-state index contributed by atoms with van der Waals surface area (Å²) in [7, 11) is 2.18. The molecule has 0 amide bonds. The highest BCUT2D eigenvalue weighted by atomic mass is 15.1. The molecule has 1 aliphatic heterocycles. The maximum atomic E-state index is 2.36. The first-order valence-electron chi connectivity index (χ1n) is 7.52. The van der Waals surface area contributed by atoms with Gasteiger partial charge in [0, 0.05) is 13.1 Å². The maximum Gasteiger partial charge on any atom is 0.0233 e. The van der Waals surface area contributed by atoms with Crippen LogP contribution in [0.3, 0.4) is 0 Å². The van der Waals surface area contributed by atoms with Gasteiger partial charge in [0.2, 0.25) is 0 Å². The molecule has 3 aromatic rings. The fourth-order valence-electron chi connectivity index (χ4n) is 2.77. The van der Waals surface area contributed by atoms with E-state index in [0.29, 0.717) is 0 Å². The first-order valence-corrected chi connectivity index (χ1v) is 7.52. The van der Waals surface area contributed by atoms with Crippen LogP contribution in [-0.4, -0.2) is 18.5 Å². The Morgan fingerprint density at radius 2 is 1.14 bits per heavy atom. The van der Waals surface area contributed by atoms with Gasteiger partial charge in [0.15, 0.2) is 0 Å². The molecule has 0 radical (unpaired) electrons. The van der Waals surface area contributed by atoms with E-state index in [2.05, 4.69) is 84.7 Å². The second kappa shape index (κ2) is 6.55. The standard InChI is InChI=1S/C10H13N.C10H8/c1-11-7-6-9-4-2-3-5-10(9)8-11;1-2-6-10-8-4-3-7-9(10)5-1/h2-5H,6-8H2,1H3;1-8H. The predicted octanol–water partition coefficient (Wildman–Crippen LogP) is 4.51. The summed E-state index contributed by atoms with van der Waals surface area (Å²) in [6.07, 6.45) is 1.21. The molecule has 1 heteroatoms. The summed E-state index contributed by atoms with van der Waals surface area (Å²) in [5.41, 5.74) is 3.03. The molecule has 0 spiro atoms. The minimum Gasteiger partial charge on any atom is -0.302 e. The van der Waals surface area contributed by atoms with Gasteiger partial charge < -0.3 is 4.90 Å². The summed E-state index contributed by atoms with van der Waals surface area (Å²) in [6.45, 7) is 2.33. The highest BCUT2D eigenvalue weighted by Gasteiger charge is 2.10. The molecule has 1 aliphatic rings. The van der Waals surface area contributed by atoms with Crippen molar-refractivity contribution in [3.63, 3.8) is 0 Å². The lowest BCUT2D eigenvalue weighted by Crippen LogP contribution is -2.26. The first kappa shape index (κ1) is 13.8. The van der Waals surface area contributed by atoms with E-state index < -0.39 is 0 Å². The van der Waals surface area contributed by atoms with Gasteiger partial charge in [-0.2, -0.15) is 0 Å². The van der Waals surface area contributed by atoms with Gasteiger partial charge in [-0.25, -0.2) is 0 Å². The zero-order valence-electron chi connectivity index (χ0n) is 12.5. The van der Waals surface area contributed by atoms with Crippen LogP contribution >= 0.6 is 0 Å². The van der Waals surface area contributed by atoms with Gasteiger partial charge in [-0.15, -0.1) is 0 Å². The van der Waals surface area contributed by atoms with Crippen molar-refractivity contribution in [3.8, 4) is 0 Å². The summed E-state index contributed by atoms with van der Waals surface area (Å²) >= 11 is 0. The average Bonchev–Trinajstić information content (AvgIpc) is 2.55.